The first kappa shape index (κ1) is 16.0. The lowest BCUT2D eigenvalue weighted by Gasteiger charge is -2.29. The lowest BCUT2D eigenvalue weighted by molar-refractivity contribution is -0.126. The first-order valence-electron chi connectivity index (χ1n) is 7.35. The Labute approximate surface area is 134 Å². The van der Waals surface area contributed by atoms with Gasteiger partial charge < -0.3 is 10.2 Å². The van der Waals surface area contributed by atoms with Crippen LogP contribution in [0.4, 0.5) is 0 Å². The second kappa shape index (κ2) is 8.17. The van der Waals surface area contributed by atoms with Crippen molar-refractivity contribution in [2.24, 2.45) is 11.1 Å². The molecule has 0 heterocycles. The van der Waals surface area contributed by atoms with Gasteiger partial charge in [-0.25, -0.2) is 0 Å². The molecule has 0 unspecified atom stereocenters. The lowest BCUT2D eigenvalue weighted by atomic mass is 9.86. The normalized spacial score (nSPS) is 22.2. The summed E-state index contributed by atoms with van der Waals surface area (Å²) in [6.07, 6.45) is 6.31. The Morgan fingerprint density at radius 1 is 1.38 bits per heavy atom. The molecule has 114 valence electrons. The monoisotopic (exact) mass is 352 g/mol. The van der Waals surface area contributed by atoms with E-state index in [9.17, 15) is 4.79 Å². The summed E-state index contributed by atoms with van der Waals surface area (Å²) in [5.41, 5.74) is 0.930. The van der Waals surface area contributed by atoms with Crippen LogP contribution < -0.4 is 5.32 Å². The SMILES string of the molecule is C[C@@H]1CCCC[C@H]1NC(=O)CO/N=C\c1ccc(Br)cc1. The van der Waals surface area contributed by atoms with Gasteiger partial charge in [0.1, 0.15) is 0 Å². The van der Waals surface area contributed by atoms with Crippen LogP contribution >= 0.6 is 15.9 Å². The van der Waals surface area contributed by atoms with Gasteiger partial charge in [-0.1, -0.05) is 53.0 Å². The van der Waals surface area contributed by atoms with Crippen LogP contribution in [0.3, 0.4) is 0 Å². The summed E-state index contributed by atoms with van der Waals surface area (Å²) in [5.74, 6) is 0.454. The molecule has 1 fully saturated rings. The molecule has 1 saturated carbocycles. The minimum absolute atomic E-state index is 0.0315. The molecule has 0 aromatic heterocycles. The highest BCUT2D eigenvalue weighted by atomic mass is 79.9. The van der Waals surface area contributed by atoms with E-state index in [0.29, 0.717) is 5.92 Å². The van der Waals surface area contributed by atoms with E-state index in [-0.39, 0.29) is 18.6 Å². The zero-order valence-corrected chi connectivity index (χ0v) is 13.8. The van der Waals surface area contributed by atoms with E-state index in [2.05, 4.69) is 33.3 Å². The molecule has 1 aliphatic carbocycles. The molecule has 1 N–H and O–H groups in total. The van der Waals surface area contributed by atoms with Crippen LogP contribution in [0, 0.1) is 5.92 Å². The summed E-state index contributed by atoms with van der Waals surface area (Å²) in [7, 11) is 0. The van der Waals surface area contributed by atoms with Gasteiger partial charge >= 0.3 is 0 Å². The van der Waals surface area contributed by atoms with Crippen LogP contribution in [-0.4, -0.2) is 24.8 Å². The number of hydrogen-bond donors (Lipinski definition) is 1. The van der Waals surface area contributed by atoms with E-state index in [0.717, 1.165) is 16.5 Å². The number of nitrogens with one attached hydrogen (secondary N) is 1. The molecular formula is C16H21BrN2O2. The Kier molecular flexibility index (Phi) is 6.23. The van der Waals surface area contributed by atoms with E-state index in [1.54, 1.807) is 6.21 Å². The van der Waals surface area contributed by atoms with Gasteiger partial charge in [-0.05, 0) is 36.5 Å². The number of nitrogens with zero attached hydrogens (tertiary/aromatic N) is 1. The first-order valence-corrected chi connectivity index (χ1v) is 8.15. The van der Waals surface area contributed by atoms with Crippen molar-refractivity contribution in [3.63, 3.8) is 0 Å². The number of rotatable bonds is 5. The standard InChI is InChI=1S/C16H21BrN2O2/c1-12-4-2-3-5-15(12)19-16(20)11-21-18-10-13-6-8-14(17)9-7-13/h6-10,12,15H,2-5,11H2,1H3,(H,19,20)/b18-10-/t12-,15-/m1/s1. The fourth-order valence-electron chi connectivity index (χ4n) is 2.52. The van der Waals surface area contributed by atoms with Crippen LogP contribution in [-0.2, 0) is 9.63 Å². The van der Waals surface area contributed by atoms with E-state index < -0.39 is 0 Å². The predicted molar refractivity (Wildman–Crippen MR) is 87.3 cm³/mol. The van der Waals surface area contributed by atoms with Gasteiger partial charge in [-0.15, -0.1) is 0 Å². The summed E-state index contributed by atoms with van der Waals surface area (Å²) < 4.78 is 1.02. The largest absolute Gasteiger partial charge is 0.386 e. The van der Waals surface area contributed by atoms with E-state index in [1.165, 1.54) is 19.3 Å². The van der Waals surface area contributed by atoms with Gasteiger partial charge in [0.05, 0.1) is 6.21 Å². The number of hydrogen-bond acceptors (Lipinski definition) is 3. The minimum Gasteiger partial charge on any atom is -0.386 e. The van der Waals surface area contributed by atoms with Crippen molar-refractivity contribution in [3.8, 4) is 0 Å². The maximum Gasteiger partial charge on any atom is 0.261 e. The number of oxime groups is 1. The van der Waals surface area contributed by atoms with E-state index >= 15 is 0 Å². The smallest absolute Gasteiger partial charge is 0.261 e. The Hall–Kier alpha value is -1.36. The predicted octanol–water partition coefficient (Wildman–Crippen LogP) is 3.49. The van der Waals surface area contributed by atoms with Crippen LogP contribution in [0.5, 0.6) is 0 Å². The molecule has 0 radical (unpaired) electrons. The fourth-order valence-corrected chi connectivity index (χ4v) is 2.79. The number of benzene rings is 1. The van der Waals surface area contributed by atoms with Crippen molar-refractivity contribution in [1.29, 1.82) is 0 Å². The van der Waals surface area contributed by atoms with Gasteiger partial charge in [-0.3, -0.25) is 4.79 Å². The van der Waals surface area contributed by atoms with Crippen LogP contribution in [0.1, 0.15) is 38.2 Å². The first-order chi connectivity index (χ1) is 10.1. The minimum atomic E-state index is -0.0956. The molecule has 1 amide bonds. The average Bonchev–Trinajstić information content (AvgIpc) is 2.48. The third-order valence-corrected chi connectivity index (χ3v) is 4.33. The van der Waals surface area contributed by atoms with Crippen LogP contribution in [0.25, 0.3) is 0 Å². The molecule has 4 nitrogen and oxygen atoms in total. The molecule has 0 saturated heterocycles. The number of halogens is 1. The number of carbonyl (C=O) groups excluding carboxylic acids is 1. The maximum atomic E-state index is 11.8. The summed E-state index contributed by atoms with van der Waals surface area (Å²) in [6, 6.07) is 7.98. The fraction of sp³-hybridized carbons (Fsp3) is 0.500. The van der Waals surface area contributed by atoms with Gasteiger partial charge in [-0.2, -0.15) is 0 Å². The maximum absolute atomic E-state index is 11.8. The quantitative estimate of drug-likeness (QED) is 0.651. The molecule has 0 aliphatic heterocycles. The Bertz CT molecular complexity index is 488. The zero-order valence-electron chi connectivity index (χ0n) is 12.2. The summed E-state index contributed by atoms with van der Waals surface area (Å²) in [5, 5.41) is 6.85. The Balaban J connectivity index is 1.70. The van der Waals surface area contributed by atoms with Crippen molar-refractivity contribution < 1.29 is 9.63 Å². The molecular weight excluding hydrogens is 332 g/mol. The highest BCUT2D eigenvalue weighted by Gasteiger charge is 2.22. The van der Waals surface area contributed by atoms with Crippen molar-refractivity contribution in [1.82, 2.24) is 5.32 Å². The van der Waals surface area contributed by atoms with Gasteiger partial charge in [0.15, 0.2) is 6.61 Å². The molecule has 5 heteroatoms. The Morgan fingerprint density at radius 2 is 2.10 bits per heavy atom. The third kappa shape index (κ3) is 5.50. The molecule has 0 spiro atoms. The molecule has 1 aromatic carbocycles. The highest BCUT2D eigenvalue weighted by Crippen LogP contribution is 2.23. The highest BCUT2D eigenvalue weighted by molar-refractivity contribution is 9.10. The molecule has 1 aromatic rings. The van der Waals surface area contributed by atoms with Gasteiger partial charge in [0.2, 0.25) is 0 Å². The van der Waals surface area contributed by atoms with Gasteiger partial charge in [0, 0.05) is 10.5 Å². The van der Waals surface area contributed by atoms with E-state index in [1.807, 2.05) is 24.3 Å². The summed E-state index contributed by atoms with van der Waals surface area (Å²) >= 11 is 3.37. The van der Waals surface area contributed by atoms with Crippen molar-refractivity contribution in [3.05, 3.63) is 34.3 Å². The lowest BCUT2D eigenvalue weighted by Crippen LogP contribution is -2.42. The summed E-state index contributed by atoms with van der Waals surface area (Å²) in [6.45, 7) is 2.16. The van der Waals surface area contributed by atoms with Crippen LogP contribution in [0.2, 0.25) is 0 Å². The third-order valence-electron chi connectivity index (χ3n) is 3.80. The van der Waals surface area contributed by atoms with Gasteiger partial charge in [0.25, 0.3) is 5.91 Å². The molecule has 2 atom stereocenters. The molecule has 2 rings (SSSR count). The number of amides is 1. The Morgan fingerprint density at radius 3 is 2.81 bits per heavy atom. The molecule has 21 heavy (non-hydrogen) atoms. The number of carbonyl (C=O) groups is 1. The zero-order chi connectivity index (χ0) is 15.1. The van der Waals surface area contributed by atoms with Crippen molar-refractivity contribution in [2.75, 3.05) is 6.61 Å². The van der Waals surface area contributed by atoms with E-state index in [4.69, 9.17) is 4.84 Å². The average molecular weight is 353 g/mol. The second-order valence-electron chi connectivity index (χ2n) is 5.50. The topological polar surface area (TPSA) is 50.7 Å². The molecule has 1 aliphatic rings. The van der Waals surface area contributed by atoms with Crippen molar-refractivity contribution >= 4 is 28.1 Å². The van der Waals surface area contributed by atoms with Crippen LogP contribution in [0.15, 0.2) is 33.9 Å². The second-order valence-corrected chi connectivity index (χ2v) is 6.41. The van der Waals surface area contributed by atoms with Crippen molar-refractivity contribution in [2.45, 2.75) is 38.6 Å². The summed E-state index contributed by atoms with van der Waals surface area (Å²) in [4.78, 5) is 16.8. The molecule has 0 bridgehead atoms.